The molecule has 0 radical (unpaired) electrons. The first-order valence-corrected chi connectivity index (χ1v) is 8.69. The molecule has 5 heteroatoms. The third kappa shape index (κ3) is 3.09. The van der Waals surface area contributed by atoms with Gasteiger partial charge in [0.25, 0.3) is 0 Å². The summed E-state index contributed by atoms with van der Waals surface area (Å²) >= 11 is 0. The molecule has 0 saturated heterocycles. The summed E-state index contributed by atoms with van der Waals surface area (Å²) in [5.74, 6) is -0.449. The van der Waals surface area contributed by atoms with Gasteiger partial charge in [0.15, 0.2) is 0 Å². The Balaban J connectivity index is 1.82. The van der Waals surface area contributed by atoms with Crippen molar-refractivity contribution in [2.75, 3.05) is 0 Å². The van der Waals surface area contributed by atoms with E-state index in [0.29, 0.717) is 5.56 Å². The number of carbonyl (C=O) groups is 1. The highest BCUT2D eigenvalue weighted by molar-refractivity contribution is 6.00. The summed E-state index contributed by atoms with van der Waals surface area (Å²) < 4.78 is 1.98. The molecule has 134 valence electrons. The number of nitrogens with zero attached hydrogens (tertiary/aromatic N) is 2. The van der Waals surface area contributed by atoms with Crippen LogP contribution >= 0.6 is 0 Å². The molecule has 1 heterocycles. The van der Waals surface area contributed by atoms with Gasteiger partial charge in [0.2, 0.25) is 5.91 Å². The standard InChI is InChI=1S/C22H19N3O2/c1-14(26)15-9-10-21-20(12-15)24-13-25(21)17-6-4-5-16(11-17)18-7-2-3-8-19(18)22(23)27/h2-14,26H,1H3,(H2,23,27)/t14-/m0/s1. The van der Waals surface area contributed by atoms with E-state index in [2.05, 4.69) is 4.98 Å². The molecule has 3 aromatic carbocycles. The summed E-state index contributed by atoms with van der Waals surface area (Å²) in [7, 11) is 0. The number of aromatic nitrogens is 2. The maximum atomic E-state index is 11.8. The van der Waals surface area contributed by atoms with Crippen LogP contribution in [-0.2, 0) is 0 Å². The molecule has 0 fully saturated rings. The Morgan fingerprint density at radius 1 is 1.07 bits per heavy atom. The van der Waals surface area contributed by atoms with Gasteiger partial charge in [-0.3, -0.25) is 9.36 Å². The molecule has 1 aromatic heterocycles. The molecule has 5 nitrogen and oxygen atoms in total. The Bertz CT molecular complexity index is 1150. The van der Waals surface area contributed by atoms with E-state index in [1.165, 1.54) is 0 Å². The number of carbonyl (C=O) groups excluding carboxylic acids is 1. The first-order chi connectivity index (χ1) is 13.0. The van der Waals surface area contributed by atoms with Crippen molar-refractivity contribution < 1.29 is 9.90 Å². The smallest absolute Gasteiger partial charge is 0.249 e. The van der Waals surface area contributed by atoms with Gasteiger partial charge in [0.1, 0.15) is 6.33 Å². The zero-order chi connectivity index (χ0) is 19.0. The van der Waals surface area contributed by atoms with E-state index < -0.39 is 12.0 Å². The topological polar surface area (TPSA) is 81.1 Å². The number of imidazole rings is 1. The van der Waals surface area contributed by atoms with Crippen molar-refractivity contribution in [1.82, 2.24) is 9.55 Å². The zero-order valence-electron chi connectivity index (χ0n) is 14.8. The molecule has 1 amide bonds. The molecule has 0 unspecified atom stereocenters. The average Bonchev–Trinajstić information content (AvgIpc) is 3.11. The minimum Gasteiger partial charge on any atom is -0.389 e. The van der Waals surface area contributed by atoms with Crippen molar-refractivity contribution in [3.8, 4) is 16.8 Å². The lowest BCUT2D eigenvalue weighted by Crippen LogP contribution is -2.12. The normalized spacial score (nSPS) is 12.2. The van der Waals surface area contributed by atoms with Crippen molar-refractivity contribution in [3.05, 3.63) is 84.2 Å². The maximum absolute atomic E-state index is 11.8. The molecule has 0 aliphatic carbocycles. The van der Waals surface area contributed by atoms with Crippen molar-refractivity contribution in [2.24, 2.45) is 5.73 Å². The Labute approximate surface area is 156 Å². The van der Waals surface area contributed by atoms with E-state index in [4.69, 9.17) is 5.73 Å². The van der Waals surface area contributed by atoms with Crippen molar-refractivity contribution >= 4 is 16.9 Å². The van der Waals surface area contributed by atoms with Gasteiger partial charge in [0, 0.05) is 11.3 Å². The molecule has 0 spiro atoms. The van der Waals surface area contributed by atoms with E-state index >= 15 is 0 Å². The third-order valence-electron chi connectivity index (χ3n) is 4.68. The van der Waals surface area contributed by atoms with E-state index in [0.717, 1.165) is 33.4 Å². The van der Waals surface area contributed by atoms with Crippen LogP contribution in [0.1, 0.15) is 28.9 Å². The Morgan fingerprint density at radius 3 is 2.67 bits per heavy atom. The van der Waals surface area contributed by atoms with Crippen molar-refractivity contribution in [1.29, 1.82) is 0 Å². The molecule has 4 rings (SSSR count). The molecular formula is C22H19N3O2. The zero-order valence-corrected chi connectivity index (χ0v) is 14.8. The van der Waals surface area contributed by atoms with Gasteiger partial charge in [0.05, 0.1) is 17.1 Å². The maximum Gasteiger partial charge on any atom is 0.249 e. The Kier molecular flexibility index (Phi) is 4.22. The van der Waals surface area contributed by atoms with Crippen LogP contribution in [0.5, 0.6) is 0 Å². The van der Waals surface area contributed by atoms with Crippen LogP contribution in [-0.4, -0.2) is 20.6 Å². The van der Waals surface area contributed by atoms with Gasteiger partial charge in [-0.05, 0) is 53.9 Å². The number of rotatable bonds is 4. The lowest BCUT2D eigenvalue weighted by Gasteiger charge is -2.10. The number of hydrogen-bond acceptors (Lipinski definition) is 3. The van der Waals surface area contributed by atoms with Crippen LogP contribution < -0.4 is 5.73 Å². The fraction of sp³-hybridized carbons (Fsp3) is 0.0909. The van der Waals surface area contributed by atoms with Gasteiger partial charge in [-0.25, -0.2) is 4.98 Å². The second-order valence-corrected chi connectivity index (χ2v) is 6.50. The van der Waals surface area contributed by atoms with Crippen LogP contribution in [0.25, 0.3) is 27.8 Å². The first kappa shape index (κ1) is 17.0. The molecular weight excluding hydrogens is 338 g/mol. The largest absolute Gasteiger partial charge is 0.389 e. The number of fused-ring (bicyclic) bond motifs is 1. The number of amides is 1. The Morgan fingerprint density at radius 2 is 1.89 bits per heavy atom. The van der Waals surface area contributed by atoms with Crippen molar-refractivity contribution in [3.63, 3.8) is 0 Å². The van der Waals surface area contributed by atoms with Gasteiger partial charge in [-0.1, -0.05) is 36.4 Å². The molecule has 0 aliphatic rings. The summed E-state index contributed by atoms with van der Waals surface area (Å²) in [6.45, 7) is 1.73. The highest BCUT2D eigenvalue weighted by atomic mass is 16.3. The lowest BCUT2D eigenvalue weighted by molar-refractivity contribution is 0.100. The summed E-state index contributed by atoms with van der Waals surface area (Å²) in [6, 6.07) is 20.9. The SMILES string of the molecule is C[C@H](O)c1ccc2c(c1)ncn2-c1cccc(-c2ccccc2C(N)=O)c1. The van der Waals surface area contributed by atoms with E-state index in [1.807, 2.05) is 59.2 Å². The second kappa shape index (κ2) is 6.70. The summed E-state index contributed by atoms with van der Waals surface area (Å²) in [4.78, 5) is 16.2. The van der Waals surface area contributed by atoms with Crippen molar-refractivity contribution in [2.45, 2.75) is 13.0 Å². The predicted molar refractivity (Wildman–Crippen MR) is 106 cm³/mol. The van der Waals surface area contributed by atoms with Crippen LogP contribution in [0.2, 0.25) is 0 Å². The first-order valence-electron chi connectivity index (χ1n) is 8.69. The molecule has 0 bridgehead atoms. The van der Waals surface area contributed by atoms with Gasteiger partial charge >= 0.3 is 0 Å². The molecule has 27 heavy (non-hydrogen) atoms. The molecule has 1 atom stereocenters. The fourth-order valence-electron chi connectivity index (χ4n) is 3.27. The predicted octanol–water partition coefficient (Wildman–Crippen LogP) is 3.84. The summed E-state index contributed by atoms with van der Waals surface area (Å²) in [5, 5.41) is 9.77. The van der Waals surface area contributed by atoms with Crippen LogP contribution in [0, 0.1) is 0 Å². The number of nitrogens with two attached hydrogens (primary N) is 1. The molecule has 3 N–H and O–H groups in total. The van der Waals surface area contributed by atoms with E-state index in [-0.39, 0.29) is 0 Å². The Hall–Kier alpha value is -3.44. The highest BCUT2D eigenvalue weighted by Gasteiger charge is 2.12. The molecule has 4 aromatic rings. The van der Waals surface area contributed by atoms with E-state index in [1.54, 1.807) is 25.4 Å². The monoisotopic (exact) mass is 357 g/mol. The summed E-state index contributed by atoms with van der Waals surface area (Å²) in [6.07, 6.45) is 1.23. The van der Waals surface area contributed by atoms with Crippen LogP contribution in [0.4, 0.5) is 0 Å². The van der Waals surface area contributed by atoms with Gasteiger partial charge in [-0.2, -0.15) is 0 Å². The van der Waals surface area contributed by atoms with Crippen LogP contribution in [0.15, 0.2) is 73.1 Å². The quantitative estimate of drug-likeness (QED) is 0.582. The number of aliphatic hydroxyl groups excluding tert-OH is 1. The number of benzene rings is 3. The number of aliphatic hydroxyl groups is 1. The highest BCUT2D eigenvalue weighted by Crippen LogP contribution is 2.27. The van der Waals surface area contributed by atoms with Gasteiger partial charge in [-0.15, -0.1) is 0 Å². The summed E-state index contributed by atoms with van der Waals surface area (Å²) in [5.41, 5.74) is 11.2. The number of primary amides is 1. The third-order valence-corrected chi connectivity index (χ3v) is 4.68. The van der Waals surface area contributed by atoms with Gasteiger partial charge < -0.3 is 10.8 Å². The lowest BCUT2D eigenvalue weighted by atomic mass is 9.99. The fourth-order valence-corrected chi connectivity index (χ4v) is 3.27. The minimum absolute atomic E-state index is 0.449. The average molecular weight is 357 g/mol. The second-order valence-electron chi connectivity index (χ2n) is 6.50. The number of hydrogen-bond donors (Lipinski definition) is 2. The molecule has 0 aliphatic heterocycles. The minimum atomic E-state index is -0.534. The molecule has 0 saturated carbocycles. The van der Waals surface area contributed by atoms with E-state index in [9.17, 15) is 9.90 Å². The van der Waals surface area contributed by atoms with Crippen LogP contribution in [0.3, 0.4) is 0 Å².